The number of nitrogens with zero attached hydrogens (tertiary/aromatic N) is 4. The van der Waals surface area contributed by atoms with E-state index >= 15 is 0 Å². The van der Waals surface area contributed by atoms with Gasteiger partial charge in [-0.25, -0.2) is 4.99 Å². The van der Waals surface area contributed by atoms with Crippen molar-refractivity contribution in [2.45, 2.75) is 46.7 Å². The number of hydrogen-bond acceptors (Lipinski definition) is 4. The molecule has 0 bridgehead atoms. The Kier molecular flexibility index (Phi) is 11.1. The summed E-state index contributed by atoms with van der Waals surface area (Å²) >= 11 is 0. The van der Waals surface area contributed by atoms with Crippen molar-refractivity contribution < 1.29 is 4.74 Å². The van der Waals surface area contributed by atoms with Gasteiger partial charge in [-0.2, -0.15) is 0 Å². The highest BCUT2D eigenvalue weighted by Gasteiger charge is 2.11. The molecule has 0 saturated carbocycles. The molecule has 1 unspecified atom stereocenters. The standard InChI is InChI=1S/C20H32N6O.HI/c1-6-27-13-9-12-21-20(22-14-19-25-24-17(4)26(19)5)23-16(3)18-11-8-7-10-15(18)2;/h7-8,10-11,16H,6,9,12-14H2,1-5H3,(H2,21,22,23);1H. The number of aryl methyl sites for hydroxylation is 2. The molecule has 0 saturated heterocycles. The molecule has 1 heterocycles. The lowest BCUT2D eigenvalue weighted by Crippen LogP contribution is -2.39. The second-order valence-corrected chi connectivity index (χ2v) is 6.59. The fourth-order valence-corrected chi connectivity index (χ4v) is 2.77. The second kappa shape index (κ2) is 12.7. The zero-order valence-electron chi connectivity index (χ0n) is 17.5. The average Bonchev–Trinajstić information content (AvgIpc) is 2.98. The number of halogens is 1. The van der Waals surface area contributed by atoms with E-state index in [0.717, 1.165) is 43.8 Å². The van der Waals surface area contributed by atoms with Gasteiger partial charge in [0, 0.05) is 26.8 Å². The van der Waals surface area contributed by atoms with Gasteiger partial charge < -0.3 is 19.9 Å². The number of guanidine groups is 1. The first-order chi connectivity index (χ1) is 13.0. The first kappa shape index (κ1) is 24.4. The molecule has 0 fully saturated rings. The van der Waals surface area contributed by atoms with E-state index in [9.17, 15) is 0 Å². The molecule has 2 N–H and O–H groups in total. The third-order valence-corrected chi connectivity index (χ3v) is 4.53. The van der Waals surface area contributed by atoms with Gasteiger partial charge in [-0.3, -0.25) is 0 Å². The van der Waals surface area contributed by atoms with E-state index in [2.05, 4.69) is 58.9 Å². The van der Waals surface area contributed by atoms with Crippen LogP contribution in [0.25, 0.3) is 0 Å². The van der Waals surface area contributed by atoms with E-state index in [1.165, 1.54) is 11.1 Å². The van der Waals surface area contributed by atoms with Gasteiger partial charge in [0.1, 0.15) is 12.4 Å². The second-order valence-electron chi connectivity index (χ2n) is 6.59. The predicted octanol–water partition coefficient (Wildman–Crippen LogP) is 3.27. The van der Waals surface area contributed by atoms with Crippen molar-refractivity contribution in [2.24, 2.45) is 12.0 Å². The van der Waals surface area contributed by atoms with Gasteiger partial charge in [-0.1, -0.05) is 24.3 Å². The molecule has 1 aromatic carbocycles. The van der Waals surface area contributed by atoms with Gasteiger partial charge in [0.2, 0.25) is 0 Å². The molecule has 28 heavy (non-hydrogen) atoms. The van der Waals surface area contributed by atoms with Crippen LogP contribution in [0.2, 0.25) is 0 Å². The molecule has 1 aromatic heterocycles. The molecule has 156 valence electrons. The van der Waals surface area contributed by atoms with E-state index in [0.29, 0.717) is 6.54 Å². The highest BCUT2D eigenvalue weighted by molar-refractivity contribution is 14.0. The molecule has 7 nitrogen and oxygen atoms in total. The number of nitrogens with one attached hydrogen (secondary N) is 2. The first-order valence-electron chi connectivity index (χ1n) is 9.56. The van der Waals surface area contributed by atoms with Crippen LogP contribution in [0.4, 0.5) is 0 Å². The number of ether oxygens (including phenoxy) is 1. The molecule has 0 spiro atoms. The summed E-state index contributed by atoms with van der Waals surface area (Å²) in [4.78, 5) is 4.71. The van der Waals surface area contributed by atoms with E-state index in [4.69, 9.17) is 9.73 Å². The van der Waals surface area contributed by atoms with E-state index < -0.39 is 0 Å². The third kappa shape index (κ3) is 7.38. The molecule has 0 amide bonds. The summed E-state index contributed by atoms with van der Waals surface area (Å²) in [5.41, 5.74) is 2.52. The lowest BCUT2D eigenvalue weighted by molar-refractivity contribution is 0.145. The monoisotopic (exact) mass is 500 g/mol. The van der Waals surface area contributed by atoms with Crippen molar-refractivity contribution in [1.29, 1.82) is 0 Å². The van der Waals surface area contributed by atoms with Gasteiger partial charge in [0.25, 0.3) is 0 Å². The summed E-state index contributed by atoms with van der Waals surface area (Å²) in [6, 6.07) is 8.54. The molecular formula is C20H33IN6O. The highest BCUT2D eigenvalue weighted by Crippen LogP contribution is 2.16. The molecule has 0 aliphatic carbocycles. The number of hydrogen-bond donors (Lipinski definition) is 2. The van der Waals surface area contributed by atoms with Crippen LogP contribution >= 0.6 is 24.0 Å². The zero-order valence-corrected chi connectivity index (χ0v) is 19.9. The molecular weight excluding hydrogens is 467 g/mol. The maximum Gasteiger partial charge on any atom is 0.192 e. The van der Waals surface area contributed by atoms with E-state index in [1.807, 2.05) is 25.5 Å². The topological polar surface area (TPSA) is 76.4 Å². The van der Waals surface area contributed by atoms with Crippen molar-refractivity contribution in [1.82, 2.24) is 25.4 Å². The van der Waals surface area contributed by atoms with Crippen LogP contribution in [0, 0.1) is 13.8 Å². The maximum atomic E-state index is 5.41. The third-order valence-electron chi connectivity index (χ3n) is 4.53. The van der Waals surface area contributed by atoms with Crippen molar-refractivity contribution in [2.75, 3.05) is 19.8 Å². The summed E-state index contributed by atoms with van der Waals surface area (Å²) in [7, 11) is 1.96. The molecule has 0 aliphatic rings. The summed E-state index contributed by atoms with van der Waals surface area (Å²) < 4.78 is 7.37. The van der Waals surface area contributed by atoms with Crippen LogP contribution in [-0.2, 0) is 18.3 Å². The Hall–Kier alpha value is -1.68. The minimum atomic E-state index is 0. The van der Waals surface area contributed by atoms with Crippen molar-refractivity contribution in [3.8, 4) is 0 Å². The van der Waals surface area contributed by atoms with Crippen LogP contribution in [0.5, 0.6) is 0 Å². The first-order valence-corrected chi connectivity index (χ1v) is 9.56. The Morgan fingerprint density at radius 1 is 1.25 bits per heavy atom. The van der Waals surface area contributed by atoms with Crippen molar-refractivity contribution >= 4 is 29.9 Å². The minimum absolute atomic E-state index is 0. The van der Waals surface area contributed by atoms with Gasteiger partial charge in [0.05, 0.1) is 6.04 Å². The molecule has 1 atom stereocenters. The van der Waals surface area contributed by atoms with Crippen LogP contribution < -0.4 is 10.6 Å². The van der Waals surface area contributed by atoms with E-state index in [-0.39, 0.29) is 30.0 Å². The number of aromatic nitrogens is 3. The SMILES string of the molecule is CCOCCCNC(=NCc1nnc(C)n1C)NC(C)c1ccccc1C.I. The number of benzene rings is 1. The van der Waals surface area contributed by atoms with Crippen molar-refractivity contribution in [3.05, 3.63) is 47.0 Å². The van der Waals surface area contributed by atoms with Crippen LogP contribution in [0.1, 0.15) is 49.1 Å². The summed E-state index contributed by atoms with van der Waals surface area (Å²) in [5.74, 6) is 2.49. The quantitative estimate of drug-likeness (QED) is 0.239. The minimum Gasteiger partial charge on any atom is -0.382 e. The summed E-state index contributed by atoms with van der Waals surface area (Å²) in [6.45, 7) is 11.0. The van der Waals surface area contributed by atoms with Gasteiger partial charge >= 0.3 is 0 Å². The van der Waals surface area contributed by atoms with Gasteiger partial charge in [-0.15, -0.1) is 34.2 Å². The molecule has 2 aromatic rings. The molecule has 2 rings (SSSR count). The predicted molar refractivity (Wildman–Crippen MR) is 124 cm³/mol. The zero-order chi connectivity index (χ0) is 19.6. The van der Waals surface area contributed by atoms with E-state index in [1.54, 1.807) is 0 Å². The van der Waals surface area contributed by atoms with Gasteiger partial charge in [-0.05, 0) is 45.2 Å². The van der Waals surface area contributed by atoms with Gasteiger partial charge in [0.15, 0.2) is 11.8 Å². The van der Waals surface area contributed by atoms with Crippen LogP contribution in [0.15, 0.2) is 29.3 Å². The Labute approximate surface area is 185 Å². The molecule has 8 heteroatoms. The fourth-order valence-electron chi connectivity index (χ4n) is 2.77. The fraction of sp³-hybridized carbons (Fsp3) is 0.550. The Morgan fingerprint density at radius 2 is 2.00 bits per heavy atom. The maximum absolute atomic E-state index is 5.41. The molecule has 0 radical (unpaired) electrons. The van der Waals surface area contributed by atoms with Crippen LogP contribution in [-0.4, -0.2) is 40.5 Å². The molecule has 0 aliphatic heterocycles. The summed E-state index contributed by atoms with van der Waals surface area (Å²) in [5, 5.41) is 15.2. The van der Waals surface area contributed by atoms with Crippen LogP contribution in [0.3, 0.4) is 0 Å². The summed E-state index contributed by atoms with van der Waals surface area (Å²) in [6.07, 6.45) is 0.927. The Balaban J connectivity index is 0.00000392. The lowest BCUT2D eigenvalue weighted by atomic mass is 10.0. The normalized spacial score (nSPS) is 12.4. The highest BCUT2D eigenvalue weighted by atomic mass is 127. The van der Waals surface area contributed by atoms with Crippen molar-refractivity contribution in [3.63, 3.8) is 0 Å². The number of aliphatic imine (C=N–C) groups is 1. The number of rotatable bonds is 9. The average molecular weight is 500 g/mol. The smallest absolute Gasteiger partial charge is 0.192 e. The Morgan fingerprint density at radius 3 is 2.64 bits per heavy atom. The lowest BCUT2D eigenvalue weighted by Gasteiger charge is -2.20. The Bertz CT molecular complexity index is 746. The largest absolute Gasteiger partial charge is 0.382 e.